The lowest BCUT2D eigenvalue weighted by Crippen LogP contribution is -2.26. The van der Waals surface area contributed by atoms with Crippen LogP contribution in [-0.4, -0.2) is 28.4 Å². The highest BCUT2D eigenvalue weighted by atomic mass is 35.5. The smallest absolute Gasteiger partial charge is 0.277 e. The number of benzene rings is 1. The number of fused-ring (bicyclic) bond motifs is 1. The van der Waals surface area contributed by atoms with E-state index >= 15 is 0 Å². The van der Waals surface area contributed by atoms with E-state index in [9.17, 15) is 4.79 Å². The Morgan fingerprint density at radius 3 is 2.92 bits per heavy atom. The van der Waals surface area contributed by atoms with Gasteiger partial charge in [-0.2, -0.15) is 0 Å². The van der Waals surface area contributed by atoms with Crippen molar-refractivity contribution in [3.8, 4) is 10.8 Å². The summed E-state index contributed by atoms with van der Waals surface area (Å²) in [5.74, 6) is 1.16. The number of hydrogen-bond donors (Lipinski definition) is 1. The molecule has 8 heteroatoms. The van der Waals surface area contributed by atoms with E-state index in [1.165, 1.54) is 23.1 Å². The second-order valence-electron chi connectivity index (χ2n) is 5.94. The van der Waals surface area contributed by atoms with Crippen LogP contribution in [0.4, 0.5) is 0 Å². The Bertz CT molecular complexity index is 876. The Kier molecular flexibility index (Phi) is 5.98. The van der Waals surface area contributed by atoms with Crippen LogP contribution >= 0.6 is 34.7 Å². The number of nitrogens with one attached hydrogen (secondary N) is 1. The van der Waals surface area contributed by atoms with Gasteiger partial charge in [-0.15, -0.1) is 21.5 Å². The molecular weight excluding hydrogens is 378 g/mol. The van der Waals surface area contributed by atoms with Gasteiger partial charge in [0.1, 0.15) is 4.88 Å². The number of thiophene rings is 1. The third-order valence-electron chi connectivity index (χ3n) is 3.51. The van der Waals surface area contributed by atoms with E-state index in [1.807, 2.05) is 24.3 Å². The van der Waals surface area contributed by atoms with Crippen LogP contribution < -0.4 is 5.32 Å². The second-order valence-corrected chi connectivity index (χ2v) is 8.29. The highest BCUT2D eigenvalue weighted by Crippen LogP contribution is 2.41. The zero-order chi connectivity index (χ0) is 17.8. The van der Waals surface area contributed by atoms with Gasteiger partial charge in [0.05, 0.1) is 10.8 Å². The molecule has 2 aromatic heterocycles. The fourth-order valence-electron chi connectivity index (χ4n) is 2.19. The number of nitrogens with zero attached hydrogens (tertiary/aromatic N) is 2. The molecule has 25 heavy (non-hydrogen) atoms. The summed E-state index contributed by atoms with van der Waals surface area (Å²) in [6, 6.07) is 7.87. The fraction of sp³-hybridized carbons (Fsp3) is 0.353. The van der Waals surface area contributed by atoms with Crippen LogP contribution in [0.2, 0.25) is 5.02 Å². The van der Waals surface area contributed by atoms with Crippen molar-refractivity contribution < 1.29 is 9.21 Å². The summed E-state index contributed by atoms with van der Waals surface area (Å²) in [4.78, 5) is 12.6. The van der Waals surface area contributed by atoms with Crippen LogP contribution in [0.25, 0.3) is 20.9 Å². The summed E-state index contributed by atoms with van der Waals surface area (Å²) in [7, 11) is 0. The van der Waals surface area contributed by atoms with Gasteiger partial charge in [0.15, 0.2) is 0 Å². The molecule has 0 aliphatic heterocycles. The predicted molar refractivity (Wildman–Crippen MR) is 103 cm³/mol. The van der Waals surface area contributed by atoms with Crippen molar-refractivity contribution in [1.82, 2.24) is 15.5 Å². The molecule has 1 aromatic carbocycles. The Morgan fingerprint density at radius 2 is 2.16 bits per heavy atom. The van der Waals surface area contributed by atoms with Crippen LogP contribution in [0.1, 0.15) is 20.3 Å². The minimum Gasteiger partial charge on any atom is -0.410 e. The first-order valence-electron chi connectivity index (χ1n) is 7.95. The molecule has 132 valence electrons. The van der Waals surface area contributed by atoms with Gasteiger partial charge in [0.2, 0.25) is 5.91 Å². The fourth-order valence-corrected chi connectivity index (χ4v) is 4.22. The third-order valence-corrected chi connectivity index (χ3v) is 5.99. The Morgan fingerprint density at radius 1 is 1.36 bits per heavy atom. The predicted octanol–water partition coefficient (Wildman–Crippen LogP) is 4.86. The molecule has 1 N–H and O–H groups in total. The number of amides is 1. The Labute approximate surface area is 159 Å². The van der Waals surface area contributed by atoms with Gasteiger partial charge in [0, 0.05) is 16.6 Å². The first-order valence-corrected chi connectivity index (χ1v) is 10.1. The average molecular weight is 396 g/mol. The first kappa shape index (κ1) is 18.2. The molecule has 1 amide bonds. The molecule has 0 spiro atoms. The van der Waals surface area contributed by atoms with Gasteiger partial charge in [-0.05, 0) is 18.4 Å². The third kappa shape index (κ3) is 4.54. The molecule has 0 atom stereocenters. The molecule has 0 unspecified atom stereocenters. The van der Waals surface area contributed by atoms with Crippen molar-refractivity contribution in [2.75, 3.05) is 12.3 Å². The van der Waals surface area contributed by atoms with Crippen molar-refractivity contribution in [2.24, 2.45) is 5.92 Å². The quantitative estimate of drug-likeness (QED) is 0.578. The normalized spacial score (nSPS) is 11.4. The average Bonchev–Trinajstić information content (AvgIpc) is 3.18. The maximum Gasteiger partial charge on any atom is 0.277 e. The molecule has 0 fully saturated rings. The van der Waals surface area contributed by atoms with E-state index < -0.39 is 0 Å². The number of aromatic nitrogens is 2. The number of carbonyl (C=O) groups excluding carboxylic acids is 1. The van der Waals surface area contributed by atoms with Gasteiger partial charge in [-0.3, -0.25) is 4.79 Å². The lowest BCUT2D eigenvalue weighted by atomic mass is 10.1. The van der Waals surface area contributed by atoms with Crippen LogP contribution in [0.5, 0.6) is 0 Å². The molecule has 0 aliphatic carbocycles. The van der Waals surface area contributed by atoms with Crippen LogP contribution in [-0.2, 0) is 4.79 Å². The molecule has 2 heterocycles. The van der Waals surface area contributed by atoms with Crippen molar-refractivity contribution in [1.29, 1.82) is 0 Å². The molecule has 0 radical (unpaired) electrons. The van der Waals surface area contributed by atoms with E-state index in [2.05, 4.69) is 29.4 Å². The maximum atomic E-state index is 11.8. The Balaban J connectivity index is 1.62. The summed E-state index contributed by atoms with van der Waals surface area (Å²) in [5.41, 5.74) is 0. The molecular formula is C17H18ClN3O2S2. The van der Waals surface area contributed by atoms with E-state index in [0.29, 0.717) is 28.6 Å². The van der Waals surface area contributed by atoms with Crippen molar-refractivity contribution in [3.05, 3.63) is 29.3 Å². The van der Waals surface area contributed by atoms with Crippen LogP contribution in [0.3, 0.4) is 0 Å². The van der Waals surface area contributed by atoms with E-state index in [1.54, 1.807) is 0 Å². The second kappa shape index (κ2) is 8.21. The first-order chi connectivity index (χ1) is 12.0. The van der Waals surface area contributed by atoms with Gasteiger partial charge in [-0.1, -0.05) is 55.4 Å². The number of rotatable bonds is 7. The molecule has 0 saturated heterocycles. The summed E-state index contributed by atoms with van der Waals surface area (Å²) in [6.07, 6.45) is 0.964. The lowest BCUT2D eigenvalue weighted by molar-refractivity contribution is -0.118. The zero-order valence-corrected chi connectivity index (χ0v) is 16.3. The molecule has 0 saturated carbocycles. The van der Waals surface area contributed by atoms with Gasteiger partial charge in [-0.25, -0.2) is 0 Å². The highest BCUT2D eigenvalue weighted by Gasteiger charge is 2.18. The number of thioether (sulfide) groups is 1. The summed E-state index contributed by atoms with van der Waals surface area (Å²) in [5, 5.41) is 12.9. The molecule has 0 bridgehead atoms. The summed E-state index contributed by atoms with van der Waals surface area (Å²) in [6.45, 7) is 4.93. The van der Waals surface area contributed by atoms with Gasteiger partial charge in [0.25, 0.3) is 11.1 Å². The minimum absolute atomic E-state index is 0.0368. The molecule has 5 nitrogen and oxygen atoms in total. The maximum absolute atomic E-state index is 11.8. The van der Waals surface area contributed by atoms with Crippen molar-refractivity contribution in [3.63, 3.8) is 0 Å². The highest BCUT2D eigenvalue weighted by molar-refractivity contribution is 7.99. The SMILES string of the molecule is CC(C)CCNC(=O)CSc1nnc(-c2sc3ccccc3c2Cl)o1. The lowest BCUT2D eigenvalue weighted by Gasteiger charge is -2.05. The van der Waals surface area contributed by atoms with Crippen molar-refractivity contribution >= 4 is 50.7 Å². The number of halogens is 1. The van der Waals surface area contributed by atoms with Gasteiger partial charge >= 0.3 is 0 Å². The monoisotopic (exact) mass is 395 g/mol. The minimum atomic E-state index is -0.0368. The van der Waals surface area contributed by atoms with Gasteiger partial charge < -0.3 is 9.73 Å². The number of carbonyl (C=O) groups is 1. The van der Waals surface area contributed by atoms with Crippen LogP contribution in [0.15, 0.2) is 33.9 Å². The van der Waals surface area contributed by atoms with Crippen LogP contribution in [0, 0.1) is 5.92 Å². The molecule has 0 aliphatic rings. The summed E-state index contributed by atoms with van der Waals surface area (Å²) >= 11 is 9.16. The van der Waals surface area contributed by atoms with E-state index in [-0.39, 0.29) is 11.7 Å². The zero-order valence-electron chi connectivity index (χ0n) is 13.9. The number of hydrogen-bond acceptors (Lipinski definition) is 6. The van der Waals surface area contributed by atoms with E-state index in [4.69, 9.17) is 16.0 Å². The standard InChI is InChI=1S/C17H18ClN3O2S2/c1-10(2)7-8-19-13(22)9-24-17-21-20-16(23-17)15-14(18)11-5-3-4-6-12(11)25-15/h3-6,10H,7-9H2,1-2H3,(H,19,22). The van der Waals surface area contributed by atoms with E-state index in [0.717, 1.165) is 21.4 Å². The largest absolute Gasteiger partial charge is 0.410 e. The molecule has 3 rings (SSSR count). The summed E-state index contributed by atoms with van der Waals surface area (Å²) < 4.78 is 6.73. The topological polar surface area (TPSA) is 68.0 Å². The molecule has 3 aromatic rings. The Hall–Kier alpha value is -1.57. The van der Waals surface area contributed by atoms with Crippen molar-refractivity contribution in [2.45, 2.75) is 25.5 Å².